The van der Waals surface area contributed by atoms with Gasteiger partial charge >= 0.3 is 0 Å². The number of alkyl halides is 2. The van der Waals surface area contributed by atoms with Crippen molar-refractivity contribution < 1.29 is 9.59 Å². The highest BCUT2D eigenvalue weighted by molar-refractivity contribution is 9.10. The molecule has 1 saturated heterocycles. The minimum Gasteiger partial charge on any atom is -0.274 e. The second kappa shape index (κ2) is 5.92. The Bertz CT molecular complexity index is 1150. The van der Waals surface area contributed by atoms with Gasteiger partial charge < -0.3 is 0 Å². The predicted molar refractivity (Wildman–Crippen MR) is 123 cm³/mol. The van der Waals surface area contributed by atoms with E-state index in [-0.39, 0.29) is 11.8 Å². The Hall–Kier alpha value is -2.24. The summed E-state index contributed by atoms with van der Waals surface area (Å²) in [5.41, 5.74) is 5.85. The van der Waals surface area contributed by atoms with Gasteiger partial charge in [0.05, 0.1) is 26.2 Å². The molecule has 2 amide bonds. The molecule has 0 spiro atoms. The number of imide groups is 1. The van der Waals surface area contributed by atoms with Gasteiger partial charge in [-0.05, 0) is 46.9 Å². The first kappa shape index (κ1) is 18.5. The van der Waals surface area contributed by atoms with Crippen LogP contribution in [0.15, 0.2) is 72.8 Å². The molecule has 2 bridgehead atoms. The van der Waals surface area contributed by atoms with Gasteiger partial charge in [0.25, 0.3) is 0 Å². The number of carbonyl (C=O) groups is 2. The Morgan fingerprint density at radius 2 is 1.13 bits per heavy atom. The van der Waals surface area contributed by atoms with Crippen LogP contribution in [0.3, 0.4) is 0 Å². The van der Waals surface area contributed by atoms with Crippen LogP contribution in [0.25, 0.3) is 0 Å². The molecule has 1 aliphatic heterocycles. The van der Waals surface area contributed by atoms with E-state index in [2.05, 4.69) is 56.1 Å². The van der Waals surface area contributed by atoms with Crippen molar-refractivity contribution in [2.24, 2.45) is 11.8 Å². The van der Waals surface area contributed by atoms with E-state index in [0.717, 1.165) is 27.8 Å². The lowest BCUT2D eigenvalue weighted by Crippen LogP contribution is -2.56. The molecule has 1 heterocycles. The first-order valence-corrected chi connectivity index (χ1v) is 11.5. The Morgan fingerprint density at radius 1 is 0.700 bits per heavy atom. The summed E-state index contributed by atoms with van der Waals surface area (Å²) in [6, 6.07) is 23.9. The van der Waals surface area contributed by atoms with Crippen molar-refractivity contribution >= 4 is 49.4 Å². The Kier molecular flexibility index (Phi) is 3.66. The number of nitrogens with zero attached hydrogens (tertiary/aromatic N) is 1. The number of carbonyl (C=O) groups excluding carboxylic acids is 2. The predicted octanol–water partition coefficient (Wildman–Crippen LogP) is 5.40. The molecule has 3 aromatic carbocycles. The zero-order valence-corrected chi connectivity index (χ0v) is 19.3. The van der Waals surface area contributed by atoms with E-state index in [9.17, 15) is 9.59 Å². The molecule has 1 fully saturated rings. The maximum atomic E-state index is 13.9. The Balaban J connectivity index is 1.67. The fraction of sp³-hybridized carbons (Fsp3) is 0.200. The molecule has 3 aliphatic carbocycles. The van der Waals surface area contributed by atoms with Crippen LogP contribution in [-0.4, -0.2) is 11.8 Å². The van der Waals surface area contributed by atoms with Crippen molar-refractivity contribution in [1.29, 1.82) is 0 Å². The molecule has 3 nitrogen and oxygen atoms in total. The van der Waals surface area contributed by atoms with E-state index in [0.29, 0.717) is 5.69 Å². The maximum absolute atomic E-state index is 13.9. The summed E-state index contributed by atoms with van der Waals surface area (Å²) in [6.45, 7) is 1.97. The third-order valence-electron chi connectivity index (χ3n) is 6.85. The van der Waals surface area contributed by atoms with E-state index in [1.807, 2.05) is 55.5 Å². The summed E-state index contributed by atoms with van der Waals surface area (Å²) in [5.74, 6) is -1.37. The molecule has 148 valence electrons. The number of halogens is 2. The summed E-state index contributed by atoms with van der Waals surface area (Å²) in [6.07, 6.45) is 0. The zero-order chi connectivity index (χ0) is 20.8. The van der Waals surface area contributed by atoms with E-state index in [1.54, 1.807) is 0 Å². The van der Waals surface area contributed by atoms with Crippen LogP contribution in [0.2, 0.25) is 0 Å². The van der Waals surface area contributed by atoms with Gasteiger partial charge in [0, 0.05) is 0 Å². The number of aryl methyl sites for hydroxylation is 1. The third-order valence-corrected chi connectivity index (χ3v) is 9.54. The van der Waals surface area contributed by atoms with E-state index in [4.69, 9.17) is 0 Å². The first-order chi connectivity index (χ1) is 14.4. The van der Waals surface area contributed by atoms with Crippen LogP contribution in [-0.2, 0) is 18.2 Å². The van der Waals surface area contributed by atoms with Gasteiger partial charge in [0.2, 0.25) is 11.8 Å². The maximum Gasteiger partial charge on any atom is 0.239 e. The summed E-state index contributed by atoms with van der Waals surface area (Å²) < 4.78 is -1.49. The van der Waals surface area contributed by atoms with Crippen LogP contribution >= 0.6 is 31.9 Å². The average Bonchev–Trinajstić information content (AvgIpc) is 3.03. The van der Waals surface area contributed by atoms with Gasteiger partial charge in [-0.2, -0.15) is 0 Å². The number of rotatable bonds is 1. The van der Waals surface area contributed by atoms with Crippen molar-refractivity contribution in [3.8, 4) is 0 Å². The molecule has 5 heteroatoms. The molecule has 1 unspecified atom stereocenters. The lowest BCUT2D eigenvalue weighted by Gasteiger charge is -2.55. The normalized spacial score (nSPS) is 30.8. The monoisotopic (exact) mass is 521 g/mol. The number of amides is 2. The molecule has 30 heavy (non-hydrogen) atoms. The quantitative estimate of drug-likeness (QED) is 0.317. The van der Waals surface area contributed by atoms with Crippen molar-refractivity contribution in [2.45, 2.75) is 15.6 Å². The number of hydrogen-bond donors (Lipinski definition) is 0. The van der Waals surface area contributed by atoms with Crippen LogP contribution in [0.1, 0.15) is 27.8 Å². The highest BCUT2D eigenvalue weighted by Crippen LogP contribution is 2.70. The molecule has 7 rings (SSSR count). The SMILES string of the molecule is Cc1cccc(N2C(=O)C3[C@H](C2=O)C2(Br)c4ccccc4C3(Br)c3ccccc32)c1. The Morgan fingerprint density at radius 3 is 1.53 bits per heavy atom. The van der Waals surface area contributed by atoms with Gasteiger partial charge in [0.1, 0.15) is 0 Å². The standard InChI is InChI=1S/C25H17Br2NO2/c1-14-7-6-8-15(13-14)28-22(29)20-21(23(28)30)25(27)17-10-3-2-9-16(17)24(20,26)18-11-4-5-12-19(18)25/h2-13,20-21H,1H3/t20-,21?,24?,25?/m1/s1. The second-order valence-electron chi connectivity index (χ2n) is 8.32. The molecular weight excluding hydrogens is 506 g/mol. The molecular formula is C25H17Br2NO2. The summed E-state index contributed by atoms with van der Waals surface area (Å²) in [7, 11) is 0. The van der Waals surface area contributed by atoms with Crippen LogP contribution in [0, 0.1) is 18.8 Å². The smallest absolute Gasteiger partial charge is 0.239 e. The minimum atomic E-state index is -0.744. The summed E-state index contributed by atoms with van der Waals surface area (Å²) in [5, 5.41) is 0. The van der Waals surface area contributed by atoms with E-state index in [1.165, 1.54) is 4.90 Å². The summed E-state index contributed by atoms with van der Waals surface area (Å²) >= 11 is 8.05. The fourth-order valence-corrected chi connectivity index (χ4v) is 7.99. The molecule has 4 aliphatic rings. The van der Waals surface area contributed by atoms with Crippen LogP contribution < -0.4 is 4.90 Å². The Labute approximate surface area is 191 Å². The van der Waals surface area contributed by atoms with Gasteiger partial charge in [-0.25, -0.2) is 4.90 Å². The summed E-state index contributed by atoms with van der Waals surface area (Å²) in [4.78, 5) is 29.1. The lowest BCUT2D eigenvalue weighted by atomic mass is 9.54. The molecule has 0 aromatic heterocycles. The number of benzene rings is 3. The topological polar surface area (TPSA) is 37.4 Å². The van der Waals surface area contributed by atoms with E-state index >= 15 is 0 Å². The number of anilines is 1. The van der Waals surface area contributed by atoms with Crippen molar-refractivity contribution in [1.82, 2.24) is 0 Å². The highest BCUT2D eigenvalue weighted by Gasteiger charge is 2.72. The van der Waals surface area contributed by atoms with Gasteiger partial charge in [-0.15, -0.1) is 0 Å². The fourth-order valence-electron chi connectivity index (χ4n) is 5.69. The molecule has 0 saturated carbocycles. The average molecular weight is 523 g/mol. The third kappa shape index (κ3) is 1.96. The van der Waals surface area contributed by atoms with Crippen molar-refractivity contribution in [3.63, 3.8) is 0 Å². The molecule has 0 radical (unpaired) electrons. The van der Waals surface area contributed by atoms with Gasteiger partial charge in [-0.1, -0.05) is 92.5 Å². The van der Waals surface area contributed by atoms with Crippen LogP contribution in [0.5, 0.6) is 0 Å². The zero-order valence-electron chi connectivity index (χ0n) is 16.1. The van der Waals surface area contributed by atoms with Crippen LogP contribution in [0.4, 0.5) is 5.69 Å². The van der Waals surface area contributed by atoms with Crippen molar-refractivity contribution in [3.05, 3.63) is 101 Å². The molecule has 0 N–H and O–H groups in total. The number of hydrogen-bond acceptors (Lipinski definition) is 2. The lowest BCUT2D eigenvalue weighted by molar-refractivity contribution is -0.122. The largest absolute Gasteiger partial charge is 0.274 e. The van der Waals surface area contributed by atoms with Gasteiger partial charge in [-0.3, -0.25) is 9.59 Å². The second-order valence-corrected chi connectivity index (χ2v) is 10.8. The molecule has 2 atom stereocenters. The van der Waals surface area contributed by atoms with Crippen molar-refractivity contribution in [2.75, 3.05) is 4.90 Å². The molecule has 3 aromatic rings. The minimum absolute atomic E-state index is 0.152. The van der Waals surface area contributed by atoms with E-state index < -0.39 is 20.5 Å². The highest BCUT2D eigenvalue weighted by atomic mass is 79.9. The first-order valence-electron chi connectivity index (χ1n) is 9.92. The van der Waals surface area contributed by atoms with Gasteiger partial charge in [0.15, 0.2) is 0 Å².